The highest BCUT2D eigenvalue weighted by Crippen LogP contribution is 2.28. The van der Waals surface area contributed by atoms with Gasteiger partial charge < -0.3 is 19.6 Å². The first-order chi connectivity index (χ1) is 14.2. The molecule has 0 aliphatic rings. The minimum Gasteiger partial charge on any atom is -0.493 e. The van der Waals surface area contributed by atoms with E-state index in [0.717, 1.165) is 11.1 Å². The predicted octanol–water partition coefficient (Wildman–Crippen LogP) is 4.26. The van der Waals surface area contributed by atoms with E-state index in [1.165, 1.54) is 6.21 Å². The van der Waals surface area contributed by atoms with Gasteiger partial charge in [0.05, 0.1) is 13.3 Å². The van der Waals surface area contributed by atoms with E-state index in [-0.39, 0.29) is 12.5 Å². The van der Waals surface area contributed by atoms with Crippen LogP contribution < -0.4 is 14.8 Å². The highest BCUT2D eigenvalue weighted by atomic mass is 16.6. The molecule has 1 N–H and O–H groups in total. The van der Waals surface area contributed by atoms with Gasteiger partial charge in [-0.1, -0.05) is 53.7 Å². The number of hydrogen-bond donors (Lipinski definition) is 1. The average Bonchev–Trinajstić information content (AvgIpc) is 2.77. The lowest BCUT2D eigenvalue weighted by molar-refractivity contribution is -0.120. The summed E-state index contributed by atoms with van der Waals surface area (Å²) in [6.45, 7) is 0.269. The average molecular weight is 390 g/mol. The number of nitrogens with one attached hydrogen (secondary N) is 1. The Morgan fingerprint density at radius 3 is 2.41 bits per heavy atom. The van der Waals surface area contributed by atoms with Crippen molar-refractivity contribution < 1.29 is 19.1 Å². The van der Waals surface area contributed by atoms with Gasteiger partial charge in [0.2, 0.25) is 0 Å². The van der Waals surface area contributed by atoms with Gasteiger partial charge in [-0.3, -0.25) is 4.79 Å². The van der Waals surface area contributed by atoms with Crippen LogP contribution >= 0.6 is 0 Å². The van der Waals surface area contributed by atoms with Crippen LogP contribution in [0.5, 0.6) is 11.5 Å². The number of carbonyl (C=O) groups excluding carboxylic acids is 1. The number of nitrogens with zero attached hydrogens (tertiary/aromatic N) is 1. The van der Waals surface area contributed by atoms with Crippen LogP contribution in [0.1, 0.15) is 11.1 Å². The van der Waals surface area contributed by atoms with E-state index in [2.05, 4.69) is 10.5 Å². The van der Waals surface area contributed by atoms with Gasteiger partial charge in [0.25, 0.3) is 5.91 Å². The van der Waals surface area contributed by atoms with Crippen molar-refractivity contribution >= 4 is 17.8 Å². The molecule has 6 heteroatoms. The Balaban J connectivity index is 1.50. The summed E-state index contributed by atoms with van der Waals surface area (Å²) in [5.41, 5.74) is 2.54. The Morgan fingerprint density at radius 1 is 0.966 bits per heavy atom. The van der Waals surface area contributed by atoms with Crippen LogP contribution in [0.25, 0.3) is 0 Å². The van der Waals surface area contributed by atoms with Crippen LogP contribution in [0, 0.1) is 0 Å². The molecule has 1 amide bonds. The molecule has 0 atom stereocenters. The first-order valence-electron chi connectivity index (χ1n) is 9.09. The molecule has 0 saturated carbocycles. The lowest BCUT2D eigenvalue weighted by Crippen LogP contribution is -2.16. The molecule has 0 heterocycles. The van der Waals surface area contributed by atoms with Crippen LogP contribution in [-0.2, 0) is 16.2 Å². The Labute approximate surface area is 169 Å². The number of benzene rings is 3. The molecule has 0 unspecified atom stereocenters. The first kappa shape index (κ1) is 19.9. The van der Waals surface area contributed by atoms with Gasteiger partial charge >= 0.3 is 0 Å². The Hall–Kier alpha value is -3.80. The second kappa shape index (κ2) is 10.5. The molecule has 0 spiro atoms. The molecule has 3 aromatic carbocycles. The lowest BCUT2D eigenvalue weighted by atomic mass is 10.2. The summed E-state index contributed by atoms with van der Waals surface area (Å²) >= 11 is 0. The fourth-order valence-electron chi connectivity index (χ4n) is 2.53. The number of anilines is 1. The highest BCUT2D eigenvalue weighted by Gasteiger charge is 2.06. The molecule has 3 aromatic rings. The van der Waals surface area contributed by atoms with E-state index in [9.17, 15) is 4.79 Å². The van der Waals surface area contributed by atoms with E-state index in [4.69, 9.17) is 14.3 Å². The number of carbonyl (C=O) groups is 1. The summed E-state index contributed by atoms with van der Waals surface area (Å²) in [7, 11) is 1.58. The van der Waals surface area contributed by atoms with Crippen molar-refractivity contribution in [1.29, 1.82) is 0 Å². The van der Waals surface area contributed by atoms with Crippen LogP contribution in [0.4, 0.5) is 5.69 Å². The summed E-state index contributed by atoms with van der Waals surface area (Å²) in [5.74, 6) is 0.943. The largest absolute Gasteiger partial charge is 0.493 e. The second-order valence-corrected chi connectivity index (χ2v) is 6.11. The van der Waals surface area contributed by atoms with E-state index in [0.29, 0.717) is 23.8 Å². The third-order valence-corrected chi connectivity index (χ3v) is 3.95. The van der Waals surface area contributed by atoms with Crippen LogP contribution in [0.15, 0.2) is 84.0 Å². The van der Waals surface area contributed by atoms with Crippen LogP contribution in [0.3, 0.4) is 0 Å². The zero-order valence-electron chi connectivity index (χ0n) is 16.1. The van der Waals surface area contributed by atoms with Gasteiger partial charge in [0.15, 0.2) is 18.1 Å². The van der Waals surface area contributed by atoms with Gasteiger partial charge in [-0.15, -0.1) is 0 Å². The number of ether oxygens (including phenoxy) is 2. The summed E-state index contributed by atoms with van der Waals surface area (Å²) in [5, 5.41) is 6.56. The predicted molar refractivity (Wildman–Crippen MR) is 112 cm³/mol. The van der Waals surface area contributed by atoms with Crippen molar-refractivity contribution in [2.45, 2.75) is 6.61 Å². The number of para-hydroxylation sites is 1. The maximum atomic E-state index is 11.8. The Bertz CT molecular complexity index is 944. The smallest absolute Gasteiger partial charge is 0.265 e. The number of amides is 1. The molecule has 0 saturated heterocycles. The Morgan fingerprint density at radius 2 is 1.69 bits per heavy atom. The Kier molecular flexibility index (Phi) is 7.23. The maximum absolute atomic E-state index is 11.8. The van der Waals surface area contributed by atoms with Crippen molar-refractivity contribution in [3.63, 3.8) is 0 Å². The normalized spacial score (nSPS) is 10.5. The first-order valence-corrected chi connectivity index (χ1v) is 9.09. The third-order valence-electron chi connectivity index (χ3n) is 3.95. The molecular formula is C23H22N2O4. The van der Waals surface area contributed by atoms with Crippen molar-refractivity contribution in [3.8, 4) is 11.5 Å². The van der Waals surface area contributed by atoms with E-state index >= 15 is 0 Å². The zero-order chi connectivity index (χ0) is 20.3. The van der Waals surface area contributed by atoms with Crippen LogP contribution in [-0.4, -0.2) is 25.8 Å². The minimum absolute atomic E-state index is 0.180. The van der Waals surface area contributed by atoms with Gasteiger partial charge in [-0.05, 0) is 35.9 Å². The van der Waals surface area contributed by atoms with Gasteiger partial charge in [0, 0.05) is 11.3 Å². The van der Waals surface area contributed by atoms with E-state index < -0.39 is 0 Å². The summed E-state index contributed by atoms with van der Waals surface area (Å²) in [6.07, 6.45) is 1.51. The molecule has 6 nitrogen and oxygen atoms in total. The molecule has 0 aliphatic heterocycles. The zero-order valence-corrected chi connectivity index (χ0v) is 16.1. The molecule has 148 valence electrons. The number of hydrogen-bond acceptors (Lipinski definition) is 5. The number of oxime groups is 1. The summed E-state index contributed by atoms with van der Waals surface area (Å²) in [4.78, 5) is 16.9. The SMILES string of the molecule is COc1cc(/C=N/OCC(=O)Nc2ccccc2)ccc1OCc1ccccc1. The minimum atomic E-state index is -0.282. The number of methoxy groups -OCH3 is 1. The fourth-order valence-corrected chi connectivity index (χ4v) is 2.53. The van der Waals surface area contributed by atoms with Gasteiger partial charge in [0.1, 0.15) is 6.61 Å². The molecule has 29 heavy (non-hydrogen) atoms. The second-order valence-electron chi connectivity index (χ2n) is 6.11. The third kappa shape index (κ3) is 6.39. The molecule has 0 aliphatic carbocycles. The van der Waals surface area contributed by atoms with Crippen LogP contribution in [0.2, 0.25) is 0 Å². The maximum Gasteiger partial charge on any atom is 0.265 e. The van der Waals surface area contributed by atoms with E-state index in [1.807, 2.05) is 60.7 Å². The topological polar surface area (TPSA) is 69.2 Å². The van der Waals surface area contributed by atoms with Crippen molar-refractivity contribution in [1.82, 2.24) is 0 Å². The molecule has 0 radical (unpaired) electrons. The molecule has 0 fully saturated rings. The van der Waals surface area contributed by atoms with Gasteiger partial charge in [-0.25, -0.2) is 0 Å². The van der Waals surface area contributed by atoms with E-state index in [1.54, 1.807) is 25.3 Å². The van der Waals surface area contributed by atoms with Crippen molar-refractivity contribution in [2.75, 3.05) is 19.0 Å². The molecular weight excluding hydrogens is 368 g/mol. The highest BCUT2D eigenvalue weighted by molar-refractivity contribution is 5.91. The van der Waals surface area contributed by atoms with Gasteiger partial charge in [-0.2, -0.15) is 0 Å². The number of rotatable bonds is 9. The molecule has 0 bridgehead atoms. The monoisotopic (exact) mass is 390 g/mol. The van der Waals surface area contributed by atoms with Crippen molar-refractivity contribution in [3.05, 3.63) is 90.0 Å². The lowest BCUT2D eigenvalue weighted by Gasteiger charge is -2.11. The summed E-state index contributed by atoms with van der Waals surface area (Å²) < 4.78 is 11.2. The summed E-state index contributed by atoms with van der Waals surface area (Å²) in [6, 6.07) is 24.5. The fraction of sp³-hybridized carbons (Fsp3) is 0.130. The molecule has 3 rings (SSSR count). The molecule has 0 aromatic heterocycles. The van der Waals surface area contributed by atoms with Crippen molar-refractivity contribution in [2.24, 2.45) is 5.16 Å². The quantitative estimate of drug-likeness (QED) is 0.438. The standard InChI is InChI=1S/C23H22N2O4/c1-27-22-14-19(12-13-21(22)28-16-18-8-4-2-5-9-18)15-24-29-17-23(26)25-20-10-6-3-7-11-20/h2-15H,16-17H2,1H3,(H,25,26)/b24-15+.